The van der Waals surface area contributed by atoms with E-state index in [-0.39, 0.29) is 12.4 Å². The molecule has 0 aliphatic heterocycles. The SMILES string of the molecule is CCOP(=O)(O)O/C(=C/Cl)CN(CC)CC. The predicted molar refractivity (Wildman–Crippen MR) is 64.3 cm³/mol. The maximum absolute atomic E-state index is 11.3. The monoisotopic (exact) mass is 271 g/mol. The van der Waals surface area contributed by atoms with Gasteiger partial charge in [0.05, 0.1) is 13.2 Å². The van der Waals surface area contributed by atoms with Gasteiger partial charge in [-0.2, -0.15) is 0 Å². The van der Waals surface area contributed by atoms with Crippen molar-refractivity contribution in [1.82, 2.24) is 4.90 Å². The van der Waals surface area contributed by atoms with Crippen LogP contribution in [-0.4, -0.2) is 36.0 Å². The van der Waals surface area contributed by atoms with Gasteiger partial charge in [-0.15, -0.1) is 0 Å². The molecule has 0 aliphatic carbocycles. The fraction of sp³-hybridized carbons (Fsp3) is 0.778. The van der Waals surface area contributed by atoms with Crippen LogP contribution >= 0.6 is 19.4 Å². The van der Waals surface area contributed by atoms with E-state index in [2.05, 4.69) is 4.52 Å². The topological polar surface area (TPSA) is 59.0 Å². The van der Waals surface area contributed by atoms with Crippen molar-refractivity contribution in [2.24, 2.45) is 0 Å². The van der Waals surface area contributed by atoms with Crippen LogP contribution < -0.4 is 0 Å². The predicted octanol–water partition coefficient (Wildman–Crippen LogP) is 2.56. The molecule has 0 rings (SSSR count). The number of halogens is 1. The molecule has 7 heteroatoms. The van der Waals surface area contributed by atoms with Crippen LogP contribution in [0, 0.1) is 0 Å². The van der Waals surface area contributed by atoms with E-state index in [1.165, 1.54) is 0 Å². The van der Waals surface area contributed by atoms with E-state index < -0.39 is 7.82 Å². The van der Waals surface area contributed by atoms with E-state index in [1.807, 2.05) is 18.7 Å². The molecular formula is C9H19ClNO4P. The minimum absolute atomic E-state index is 0.106. The molecule has 1 unspecified atom stereocenters. The lowest BCUT2D eigenvalue weighted by atomic mass is 10.4. The van der Waals surface area contributed by atoms with Gasteiger partial charge < -0.3 is 4.52 Å². The highest BCUT2D eigenvalue weighted by molar-refractivity contribution is 7.47. The Bertz CT molecular complexity index is 268. The first-order chi connectivity index (χ1) is 7.49. The van der Waals surface area contributed by atoms with Crippen LogP contribution in [0.2, 0.25) is 0 Å². The first-order valence-corrected chi connectivity index (χ1v) is 7.10. The summed E-state index contributed by atoms with van der Waals surface area (Å²) in [5.74, 6) is 0.227. The molecule has 96 valence electrons. The smallest absolute Gasteiger partial charge is 0.406 e. The summed E-state index contributed by atoms with van der Waals surface area (Å²) in [5.41, 5.74) is 1.15. The van der Waals surface area contributed by atoms with Gasteiger partial charge in [-0.05, 0) is 20.0 Å². The fourth-order valence-corrected chi connectivity index (χ4v) is 2.05. The highest BCUT2D eigenvalue weighted by Crippen LogP contribution is 2.45. The third kappa shape index (κ3) is 6.51. The molecule has 1 atom stereocenters. The van der Waals surface area contributed by atoms with E-state index in [0.29, 0.717) is 6.54 Å². The minimum atomic E-state index is -4.02. The largest absolute Gasteiger partial charge is 0.527 e. The number of hydrogen-bond acceptors (Lipinski definition) is 4. The van der Waals surface area contributed by atoms with Crippen LogP contribution in [-0.2, 0) is 13.6 Å². The fourth-order valence-electron chi connectivity index (χ4n) is 1.09. The van der Waals surface area contributed by atoms with Crippen LogP contribution in [0.25, 0.3) is 0 Å². The van der Waals surface area contributed by atoms with Crippen LogP contribution in [0.5, 0.6) is 0 Å². The van der Waals surface area contributed by atoms with Gasteiger partial charge in [0.1, 0.15) is 5.76 Å². The standard InChI is InChI=1S/C9H19ClNO4P/c1-4-11(5-2)8-9(7-10)15-16(12,13)14-6-3/h7H,4-6,8H2,1-3H3,(H,12,13)/b9-7+. The second-order valence-corrected chi connectivity index (χ2v) is 4.61. The van der Waals surface area contributed by atoms with Crippen molar-refractivity contribution in [1.29, 1.82) is 0 Å². The molecule has 0 aromatic heterocycles. The lowest BCUT2D eigenvalue weighted by Gasteiger charge is -2.21. The van der Waals surface area contributed by atoms with Crippen LogP contribution in [0.1, 0.15) is 20.8 Å². The second kappa shape index (κ2) is 8.09. The summed E-state index contributed by atoms with van der Waals surface area (Å²) >= 11 is 5.53. The Kier molecular flexibility index (Phi) is 8.06. The summed E-state index contributed by atoms with van der Waals surface area (Å²) in [6.07, 6.45) is 0. The Labute approximate surface area is 102 Å². The summed E-state index contributed by atoms with van der Waals surface area (Å²) in [4.78, 5) is 11.3. The molecule has 0 radical (unpaired) electrons. The van der Waals surface area contributed by atoms with E-state index >= 15 is 0 Å². The Hall–Kier alpha value is -0.0600. The van der Waals surface area contributed by atoms with Crippen molar-refractivity contribution in [2.45, 2.75) is 20.8 Å². The van der Waals surface area contributed by atoms with E-state index in [9.17, 15) is 9.46 Å². The van der Waals surface area contributed by atoms with Gasteiger partial charge in [0.15, 0.2) is 0 Å². The van der Waals surface area contributed by atoms with Gasteiger partial charge in [-0.1, -0.05) is 25.4 Å². The zero-order valence-electron chi connectivity index (χ0n) is 9.85. The number of nitrogens with zero attached hydrogens (tertiary/aromatic N) is 1. The molecule has 0 aromatic carbocycles. The highest BCUT2D eigenvalue weighted by atomic mass is 35.5. The lowest BCUT2D eigenvalue weighted by molar-refractivity contribution is 0.172. The van der Waals surface area contributed by atoms with Crippen molar-refractivity contribution in [3.05, 3.63) is 11.3 Å². The van der Waals surface area contributed by atoms with Gasteiger partial charge in [0, 0.05) is 5.54 Å². The molecule has 0 bridgehead atoms. The molecule has 1 N–H and O–H groups in total. The maximum atomic E-state index is 11.3. The molecule has 0 saturated carbocycles. The number of rotatable bonds is 8. The van der Waals surface area contributed by atoms with Crippen molar-refractivity contribution in [3.63, 3.8) is 0 Å². The Morgan fingerprint density at radius 3 is 2.38 bits per heavy atom. The molecule has 0 aliphatic rings. The summed E-state index contributed by atoms with van der Waals surface area (Å²) < 4.78 is 20.8. The zero-order valence-corrected chi connectivity index (χ0v) is 11.5. The maximum Gasteiger partial charge on any atom is 0.527 e. The average Bonchev–Trinajstić information content (AvgIpc) is 2.23. The van der Waals surface area contributed by atoms with Crippen molar-refractivity contribution >= 4 is 19.4 Å². The van der Waals surface area contributed by atoms with Crippen LogP contribution in [0.3, 0.4) is 0 Å². The molecule has 0 aromatic rings. The third-order valence-electron chi connectivity index (χ3n) is 1.92. The summed E-state index contributed by atoms with van der Waals surface area (Å²) in [5, 5.41) is 0. The lowest BCUT2D eigenvalue weighted by Crippen LogP contribution is -2.25. The second-order valence-electron chi connectivity index (χ2n) is 3.01. The normalized spacial score (nSPS) is 16.2. The van der Waals surface area contributed by atoms with Gasteiger partial charge in [0.25, 0.3) is 0 Å². The van der Waals surface area contributed by atoms with E-state index in [0.717, 1.165) is 18.6 Å². The molecule has 0 saturated heterocycles. The van der Waals surface area contributed by atoms with Crippen molar-refractivity contribution in [2.75, 3.05) is 26.2 Å². The van der Waals surface area contributed by atoms with Gasteiger partial charge in [0.2, 0.25) is 0 Å². The van der Waals surface area contributed by atoms with E-state index in [4.69, 9.17) is 16.1 Å². The molecular weight excluding hydrogens is 253 g/mol. The molecule has 0 heterocycles. The zero-order chi connectivity index (χ0) is 12.6. The van der Waals surface area contributed by atoms with Gasteiger partial charge >= 0.3 is 7.82 Å². The Balaban J connectivity index is 4.37. The highest BCUT2D eigenvalue weighted by Gasteiger charge is 2.23. The minimum Gasteiger partial charge on any atom is -0.406 e. The number of phosphoric acid groups is 1. The molecule has 0 amide bonds. The number of hydrogen-bond donors (Lipinski definition) is 1. The summed E-state index contributed by atoms with van der Waals surface area (Å²) in [6, 6.07) is 0. The van der Waals surface area contributed by atoms with Crippen molar-refractivity contribution < 1.29 is 18.5 Å². The Morgan fingerprint density at radius 2 is 2.00 bits per heavy atom. The summed E-state index contributed by atoms with van der Waals surface area (Å²) in [6.45, 7) is 7.67. The number of likely N-dealkylation sites (N-methyl/N-ethyl adjacent to an activating group) is 1. The average molecular weight is 272 g/mol. The van der Waals surface area contributed by atoms with Crippen LogP contribution in [0.4, 0.5) is 0 Å². The van der Waals surface area contributed by atoms with Gasteiger partial charge in [-0.25, -0.2) is 4.57 Å². The van der Waals surface area contributed by atoms with Gasteiger partial charge in [-0.3, -0.25) is 14.3 Å². The number of phosphoric ester groups is 1. The summed E-state index contributed by atoms with van der Waals surface area (Å²) in [7, 11) is -4.02. The first-order valence-electron chi connectivity index (χ1n) is 5.17. The van der Waals surface area contributed by atoms with E-state index in [1.54, 1.807) is 6.92 Å². The molecule has 0 spiro atoms. The third-order valence-corrected chi connectivity index (χ3v) is 3.21. The molecule has 16 heavy (non-hydrogen) atoms. The van der Waals surface area contributed by atoms with Crippen molar-refractivity contribution in [3.8, 4) is 0 Å². The first kappa shape index (κ1) is 15.9. The quantitative estimate of drug-likeness (QED) is 0.543. The molecule has 5 nitrogen and oxygen atoms in total. The van der Waals surface area contributed by atoms with Crippen LogP contribution in [0.15, 0.2) is 11.3 Å². The Morgan fingerprint density at radius 1 is 1.44 bits per heavy atom. The molecule has 0 fully saturated rings.